The molecular weight excluding hydrogens is 258 g/mol. The lowest BCUT2D eigenvalue weighted by atomic mass is 10.00. The first-order chi connectivity index (χ1) is 7.80. The number of hydrogen-bond donors (Lipinski definition) is 1. The van der Waals surface area contributed by atoms with Crippen molar-refractivity contribution >= 4 is 20.6 Å². The van der Waals surface area contributed by atoms with E-state index in [1.807, 2.05) is 6.92 Å². The summed E-state index contributed by atoms with van der Waals surface area (Å²) in [6.45, 7) is 1.90. The van der Waals surface area contributed by atoms with Crippen LogP contribution in [0.25, 0.3) is 0 Å². The zero-order valence-corrected chi connectivity index (χ0v) is 12.2. The van der Waals surface area contributed by atoms with Crippen LogP contribution in [0.2, 0.25) is 0 Å². The summed E-state index contributed by atoms with van der Waals surface area (Å²) in [6.07, 6.45) is 5.06. The summed E-state index contributed by atoms with van der Waals surface area (Å²) in [5.41, 5.74) is 5.64. The lowest BCUT2D eigenvalue weighted by Gasteiger charge is -2.27. The van der Waals surface area contributed by atoms with Gasteiger partial charge >= 0.3 is 0 Å². The number of hydrogen-bond acceptors (Lipinski definition) is 4. The molecule has 0 heterocycles. The molecule has 1 saturated carbocycles. The van der Waals surface area contributed by atoms with Gasteiger partial charge in [-0.3, -0.25) is 4.21 Å². The minimum absolute atomic E-state index is 0.0437. The van der Waals surface area contributed by atoms with E-state index >= 15 is 0 Å². The van der Waals surface area contributed by atoms with E-state index in [2.05, 4.69) is 0 Å². The van der Waals surface area contributed by atoms with Crippen molar-refractivity contribution in [2.24, 2.45) is 5.73 Å². The molecule has 0 aromatic carbocycles. The van der Waals surface area contributed by atoms with Gasteiger partial charge in [-0.1, -0.05) is 6.42 Å². The second-order valence-corrected chi connectivity index (χ2v) is 9.25. The molecule has 1 fully saturated rings. The molecule has 1 aliphatic carbocycles. The molecule has 0 amide bonds. The van der Waals surface area contributed by atoms with Crippen LogP contribution in [-0.2, 0) is 20.6 Å². The fourth-order valence-corrected chi connectivity index (χ4v) is 5.31. The lowest BCUT2D eigenvalue weighted by Crippen LogP contribution is -2.33. The summed E-state index contributed by atoms with van der Waals surface area (Å²) in [5.74, 6) is 0.596. The Balaban J connectivity index is 2.52. The highest BCUT2D eigenvalue weighted by molar-refractivity contribution is 7.91. The average molecular weight is 281 g/mol. The smallest absolute Gasteiger partial charge is 0.150 e. The predicted octanol–water partition coefficient (Wildman–Crippen LogP) is 0.828. The maximum Gasteiger partial charge on any atom is 0.150 e. The third kappa shape index (κ3) is 5.06. The summed E-state index contributed by atoms with van der Waals surface area (Å²) in [7, 11) is -3.91. The predicted molar refractivity (Wildman–Crippen MR) is 72.2 cm³/mol. The van der Waals surface area contributed by atoms with E-state index in [0.29, 0.717) is 12.2 Å². The summed E-state index contributed by atoms with van der Waals surface area (Å²) in [5, 5.41) is -0.247. The molecule has 0 radical (unpaired) electrons. The van der Waals surface area contributed by atoms with Crippen molar-refractivity contribution in [3.63, 3.8) is 0 Å². The highest BCUT2D eigenvalue weighted by Gasteiger charge is 2.31. The molecule has 2 N–H and O–H groups in total. The van der Waals surface area contributed by atoms with Gasteiger partial charge in [0.15, 0.2) is 0 Å². The molecule has 0 spiro atoms. The topological polar surface area (TPSA) is 77.2 Å². The van der Waals surface area contributed by atoms with E-state index in [4.69, 9.17) is 5.73 Å². The molecule has 1 rings (SSSR count). The fraction of sp³-hybridized carbons (Fsp3) is 1.00. The van der Waals surface area contributed by atoms with Gasteiger partial charge in [0.25, 0.3) is 0 Å². The second-order valence-electron chi connectivity index (χ2n) is 5.09. The molecule has 0 aromatic rings. The molecule has 0 aromatic heterocycles. The molecule has 0 aliphatic heterocycles. The van der Waals surface area contributed by atoms with Gasteiger partial charge in [-0.05, 0) is 32.6 Å². The quantitative estimate of drug-likeness (QED) is 0.809. The van der Waals surface area contributed by atoms with Gasteiger partial charge < -0.3 is 5.73 Å². The third-order valence-corrected chi connectivity index (χ3v) is 6.78. The fourth-order valence-electron chi connectivity index (χ4n) is 2.20. The Labute approximate surface area is 107 Å². The van der Waals surface area contributed by atoms with Crippen molar-refractivity contribution in [1.29, 1.82) is 0 Å². The van der Waals surface area contributed by atoms with Crippen molar-refractivity contribution in [3.8, 4) is 0 Å². The molecule has 4 nitrogen and oxygen atoms in total. The molecule has 4 atom stereocenters. The van der Waals surface area contributed by atoms with Gasteiger partial charge in [0, 0.05) is 34.1 Å². The van der Waals surface area contributed by atoms with Crippen LogP contribution in [0, 0.1) is 0 Å². The monoisotopic (exact) mass is 281 g/mol. The molecule has 1 aliphatic rings. The maximum absolute atomic E-state index is 12.0. The molecule has 102 valence electrons. The SMILES string of the molecule is CC(N)CCS(=O)C1CCCC(S(C)(=O)=O)C1. The van der Waals surface area contributed by atoms with Crippen molar-refractivity contribution < 1.29 is 12.6 Å². The van der Waals surface area contributed by atoms with E-state index in [-0.39, 0.29) is 16.5 Å². The normalized spacial score (nSPS) is 29.8. The first-order valence-corrected chi connectivity index (χ1v) is 9.46. The van der Waals surface area contributed by atoms with E-state index in [1.54, 1.807) is 0 Å². The molecule has 0 saturated heterocycles. The Morgan fingerprint density at radius 2 is 2.06 bits per heavy atom. The standard InChI is InChI=1S/C11H23NO3S2/c1-9(12)6-7-16(13)10-4-3-5-11(8-10)17(2,14)15/h9-11H,3-8,12H2,1-2H3. The summed E-state index contributed by atoms with van der Waals surface area (Å²) in [4.78, 5) is 0. The molecule has 6 heteroatoms. The van der Waals surface area contributed by atoms with E-state index in [0.717, 1.165) is 25.7 Å². The van der Waals surface area contributed by atoms with Gasteiger partial charge in [0.1, 0.15) is 9.84 Å². The zero-order valence-electron chi connectivity index (χ0n) is 10.6. The Hall–Kier alpha value is 0.0600. The van der Waals surface area contributed by atoms with Crippen LogP contribution in [0.1, 0.15) is 39.0 Å². The molecule has 0 bridgehead atoms. The van der Waals surface area contributed by atoms with Crippen LogP contribution in [0.4, 0.5) is 0 Å². The summed E-state index contributed by atoms with van der Waals surface area (Å²) >= 11 is 0. The Morgan fingerprint density at radius 1 is 1.41 bits per heavy atom. The molecular formula is C11H23NO3S2. The van der Waals surface area contributed by atoms with E-state index in [9.17, 15) is 12.6 Å². The van der Waals surface area contributed by atoms with Crippen molar-refractivity contribution in [2.75, 3.05) is 12.0 Å². The Morgan fingerprint density at radius 3 is 2.59 bits per heavy atom. The van der Waals surface area contributed by atoms with E-state index < -0.39 is 20.6 Å². The Kier molecular flexibility index (Phi) is 5.60. The van der Waals surface area contributed by atoms with Crippen molar-refractivity contribution in [2.45, 2.75) is 55.6 Å². The molecule has 17 heavy (non-hydrogen) atoms. The van der Waals surface area contributed by atoms with Crippen LogP contribution in [0.15, 0.2) is 0 Å². The maximum atomic E-state index is 12.0. The minimum Gasteiger partial charge on any atom is -0.328 e. The number of sulfone groups is 1. The lowest BCUT2D eigenvalue weighted by molar-refractivity contribution is 0.487. The first kappa shape index (κ1) is 15.1. The van der Waals surface area contributed by atoms with Gasteiger partial charge in [0.05, 0.1) is 5.25 Å². The van der Waals surface area contributed by atoms with Gasteiger partial charge in [-0.25, -0.2) is 8.42 Å². The van der Waals surface area contributed by atoms with Gasteiger partial charge in [0.2, 0.25) is 0 Å². The highest BCUT2D eigenvalue weighted by Crippen LogP contribution is 2.27. The first-order valence-electron chi connectivity index (χ1n) is 6.12. The van der Waals surface area contributed by atoms with Crippen LogP contribution in [0.3, 0.4) is 0 Å². The zero-order chi connectivity index (χ0) is 13.1. The van der Waals surface area contributed by atoms with E-state index in [1.165, 1.54) is 6.26 Å². The highest BCUT2D eigenvalue weighted by atomic mass is 32.2. The minimum atomic E-state index is -2.98. The molecule has 4 unspecified atom stereocenters. The van der Waals surface area contributed by atoms with Crippen LogP contribution in [-0.4, -0.2) is 41.2 Å². The van der Waals surface area contributed by atoms with Crippen molar-refractivity contribution in [1.82, 2.24) is 0 Å². The second kappa shape index (κ2) is 6.29. The van der Waals surface area contributed by atoms with Gasteiger partial charge in [-0.2, -0.15) is 0 Å². The Bertz CT molecular complexity index is 365. The van der Waals surface area contributed by atoms with Crippen LogP contribution in [0.5, 0.6) is 0 Å². The summed E-state index contributed by atoms with van der Waals surface area (Å²) in [6, 6.07) is 0.0632. The van der Waals surface area contributed by atoms with Crippen LogP contribution < -0.4 is 5.73 Å². The van der Waals surface area contributed by atoms with Crippen molar-refractivity contribution in [3.05, 3.63) is 0 Å². The van der Waals surface area contributed by atoms with Crippen LogP contribution >= 0.6 is 0 Å². The van der Waals surface area contributed by atoms with Gasteiger partial charge in [-0.15, -0.1) is 0 Å². The number of rotatable bonds is 5. The average Bonchev–Trinajstić information content (AvgIpc) is 2.25. The largest absolute Gasteiger partial charge is 0.328 e. The number of nitrogens with two attached hydrogens (primary N) is 1. The summed E-state index contributed by atoms with van der Waals surface area (Å²) < 4.78 is 35.0. The third-order valence-electron chi connectivity index (χ3n) is 3.33.